The molecule has 0 radical (unpaired) electrons. The molecule has 0 saturated heterocycles. The fourth-order valence-corrected chi connectivity index (χ4v) is 4.31. The Morgan fingerprint density at radius 1 is 1.29 bits per heavy atom. The molecule has 0 heterocycles. The van der Waals surface area contributed by atoms with Crippen LogP contribution in [0.4, 0.5) is 0 Å². The molecule has 0 bridgehead atoms. The van der Waals surface area contributed by atoms with E-state index in [1.165, 1.54) is 0 Å². The molecule has 0 aromatic heterocycles. The van der Waals surface area contributed by atoms with Crippen molar-refractivity contribution < 1.29 is 8.42 Å². The lowest BCUT2D eigenvalue weighted by atomic mass is 10.2. The highest BCUT2D eigenvalue weighted by Crippen LogP contribution is 2.46. The van der Waals surface area contributed by atoms with Crippen LogP contribution < -0.4 is 10.0 Å². The Labute approximate surface area is 132 Å². The van der Waals surface area contributed by atoms with Crippen molar-refractivity contribution in [1.82, 2.24) is 10.0 Å². The summed E-state index contributed by atoms with van der Waals surface area (Å²) in [7, 11) is -3.45. The number of benzene rings is 1. The number of hydrogen-bond acceptors (Lipinski definition) is 4. The van der Waals surface area contributed by atoms with Gasteiger partial charge >= 0.3 is 0 Å². The first-order chi connectivity index (χ1) is 9.88. The Kier molecular flexibility index (Phi) is 5.35. The lowest BCUT2D eigenvalue weighted by molar-refractivity contribution is 0.567. The summed E-state index contributed by atoms with van der Waals surface area (Å²) in [4.78, 5) is 0.384. The summed E-state index contributed by atoms with van der Waals surface area (Å²) in [5.41, 5.74) is 0.813. The van der Waals surface area contributed by atoms with Crippen LogP contribution in [0.1, 0.15) is 32.3 Å². The minimum Gasteiger partial charge on any atom is -0.310 e. The second-order valence-electron chi connectivity index (χ2n) is 5.86. The summed E-state index contributed by atoms with van der Waals surface area (Å²) in [6.07, 6.45) is 4.22. The van der Waals surface area contributed by atoms with E-state index in [0.29, 0.717) is 24.0 Å². The van der Waals surface area contributed by atoms with Crippen LogP contribution in [0.25, 0.3) is 0 Å². The molecule has 4 nitrogen and oxygen atoms in total. The molecule has 1 aromatic rings. The molecule has 1 fully saturated rings. The van der Waals surface area contributed by atoms with Crippen molar-refractivity contribution in [3.8, 4) is 0 Å². The van der Waals surface area contributed by atoms with Gasteiger partial charge in [0, 0.05) is 23.9 Å². The minimum absolute atomic E-state index is 0.123. The maximum absolute atomic E-state index is 12.5. The zero-order chi connectivity index (χ0) is 15.5. The van der Waals surface area contributed by atoms with E-state index in [4.69, 9.17) is 0 Å². The average molecular weight is 329 g/mol. The van der Waals surface area contributed by atoms with Crippen molar-refractivity contribution in [1.29, 1.82) is 0 Å². The molecule has 21 heavy (non-hydrogen) atoms. The molecule has 0 amide bonds. The van der Waals surface area contributed by atoms with Crippen LogP contribution in [0, 0.1) is 0 Å². The Morgan fingerprint density at radius 2 is 1.95 bits per heavy atom. The molecule has 118 valence electrons. The Morgan fingerprint density at radius 3 is 2.52 bits per heavy atom. The van der Waals surface area contributed by atoms with E-state index in [1.54, 1.807) is 23.9 Å². The highest BCUT2D eigenvalue weighted by atomic mass is 32.2. The molecule has 2 N–H and O–H groups in total. The molecule has 1 aromatic carbocycles. The van der Waals surface area contributed by atoms with Gasteiger partial charge in [0.2, 0.25) is 10.0 Å². The number of hydrogen-bond donors (Lipinski definition) is 2. The van der Waals surface area contributed by atoms with Crippen molar-refractivity contribution in [2.24, 2.45) is 0 Å². The lowest BCUT2D eigenvalue weighted by Gasteiger charge is -2.16. The Balaban J connectivity index is 2.11. The molecule has 0 aliphatic heterocycles. The number of sulfonamides is 1. The van der Waals surface area contributed by atoms with Gasteiger partial charge in [-0.05, 0) is 30.7 Å². The molecule has 0 spiro atoms. The second kappa shape index (κ2) is 6.69. The van der Waals surface area contributed by atoms with E-state index >= 15 is 0 Å². The fourth-order valence-electron chi connectivity index (χ4n) is 2.12. The highest BCUT2D eigenvalue weighted by molar-refractivity contribution is 8.00. The predicted octanol–water partition coefficient (Wildman–Crippen LogP) is 2.36. The van der Waals surface area contributed by atoms with Gasteiger partial charge in [-0.1, -0.05) is 32.0 Å². The molecule has 1 saturated carbocycles. The third-order valence-corrected chi connectivity index (χ3v) is 6.71. The summed E-state index contributed by atoms with van der Waals surface area (Å²) in [5, 5.41) is 3.27. The molecule has 0 atom stereocenters. The first-order valence-electron chi connectivity index (χ1n) is 7.25. The van der Waals surface area contributed by atoms with Crippen molar-refractivity contribution in [3.63, 3.8) is 0 Å². The van der Waals surface area contributed by atoms with E-state index in [0.717, 1.165) is 18.4 Å². The summed E-state index contributed by atoms with van der Waals surface area (Å²) < 4.78 is 28.0. The Bertz CT molecular complexity index is 581. The van der Waals surface area contributed by atoms with E-state index in [9.17, 15) is 8.42 Å². The molecule has 1 aliphatic rings. The summed E-state index contributed by atoms with van der Waals surface area (Å²) in [5.74, 6) is 0. The second-order valence-corrected chi connectivity index (χ2v) is 8.86. The fraction of sp³-hybridized carbons (Fsp3) is 0.600. The maximum Gasteiger partial charge on any atom is 0.240 e. The molecule has 0 unspecified atom stereocenters. The van der Waals surface area contributed by atoms with Gasteiger partial charge in [-0.2, -0.15) is 11.8 Å². The van der Waals surface area contributed by atoms with Crippen molar-refractivity contribution >= 4 is 21.8 Å². The largest absolute Gasteiger partial charge is 0.310 e. The number of nitrogens with one attached hydrogen (secondary N) is 2. The average Bonchev–Trinajstić information content (AvgIpc) is 3.24. The third kappa shape index (κ3) is 4.45. The quantitative estimate of drug-likeness (QED) is 0.769. The normalized spacial score (nSPS) is 17.1. The first kappa shape index (κ1) is 16.8. The smallest absolute Gasteiger partial charge is 0.240 e. The molecule has 1 aliphatic carbocycles. The van der Waals surface area contributed by atoms with Crippen molar-refractivity contribution in [2.75, 3.05) is 12.8 Å². The van der Waals surface area contributed by atoms with Gasteiger partial charge in [-0.3, -0.25) is 0 Å². The SMILES string of the molecule is CSC1(CNS(=O)(=O)c2ccccc2CNC(C)C)CC1. The standard InChI is InChI=1S/C15H24N2O2S2/c1-12(2)16-10-13-6-4-5-7-14(13)21(18,19)17-11-15(20-3)8-9-15/h4-7,12,16-17H,8-11H2,1-3H3. The minimum atomic E-state index is -3.45. The van der Waals surface area contributed by atoms with E-state index in [1.807, 2.05) is 32.2 Å². The van der Waals surface area contributed by atoms with Gasteiger partial charge in [0.25, 0.3) is 0 Å². The molecular formula is C15H24N2O2S2. The van der Waals surface area contributed by atoms with Gasteiger partial charge < -0.3 is 5.32 Å². The number of thioether (sulfide) groups is 1. The van der Waals surface area contributed by atoms with Crippen LogP contribution in [-0.2, 0) is 16.6 Å². The molecular weight excluding hydrogens is 304 g/mol. The van der Waals surface area contributed by atoms with Crippen LogP contribution >= 0.6 is 11.8 Å². The van der Waals surface area contributed by atoms with Gasteiger partial charge in [0.1, 0.15) is 0 Å². The van der Waals surface area contributed by atoms with Crippen LogP contribution in [0.15, 0.2) is 29.2 Å². The summed E-state index contributed by atoms with van der Waals surface area (Å²) in [6.45, 7) is 5.17. The van der Waals surface area contributed by atoms with Crippen LogP contribution in [0.5, 0.6) is 0 Å². The van der Waals surface area contributed by atoms with E-state index in [-0.39, 0.29) is 4.75 Å². The van der Waals surface area contributed by atoms with Crippen LogP contribution in [0.2, 0.25) is 0 Å². The van der Waals surface area contributed by atoms with Gasteiger partial charge in [0.15, 0.2) is 0 Å². The molecule has 6 heteroatoms. The van der Waals surface area contributed by atoms with Gasteiger partial charge in [-0.25, -0.2) is 13.1 Å². The highest BCUT2D eigenvalue weighted by Gasteiger charge is 2.42. The van der Waals surface area contributed by atoms with Crippen molar-refractivity contribution in [2.45, 2.75) is 48.9 Å². The topological polar surface area (TPSA) is 58.2 Å². The zero-order valence-electron chi connectivity index (χ0n) is 12.8. The van der Waals surface area contributed by atoms with E-state index < -0.39 is 10.0 Å². The van der Waals surface area contributed by atoms with Crippen LogP contribution in [-0.4, -0.2) is 32.0 Å². The predicted molar refractivity (Wildman–Crippen MR) is 89.1 cm³/mol. The van der Waals surface area contributed by atoms with Crippen molar-refractivity contribution in [3.05, 3.63) is 29.8 Å². The number of rotatable bonds is 8. The lowest BCUT2D eigenvalue weighted by Crippen LogP contribution is -2.33. The molecule has 2 rings (SSSR count). The zero-order valence-corrected chi connectivity index (χ0v) is 14.5. The third-order valence-electron chi connectivity index (χ3n) is 3.79. The van der Waals surface area contributed by atoms with Gasteiger partial charge in [0.05, 0.1) is 4.90 Å². The first-order valence-corrected chi connectivity index (χ1v) is 9.95. The Hall–Kier alpha value is -0.560. The van der Waals surface area contributed by atoms with Crippen LogP contribution in [0.3, 0.4) is 0 Å². The summed E-state index contributed by atoms with van der Waals surface area (Å²) >= 11 is 1.75. The van der Waals surface area contributed by atoms with E-state index in [2.05, 4.69) is 10.0 Å². The maximum atomic E-state index is 12.5. The monoisotopic (exact) mass is 328 g/mol. The summed E-state index contributed by atoms with van der Waals surface area (Å²) in [6, 6.07) is 7.51. The van der Waals surface area contributed by atoms with Gasteiger partial charge in [-0.15, -0.1) is 0 Å².